The van der Waals surface area contributed by atoms with Gasteiger partial charge < -0.3 is 0 Å². The van der Waals surface area contributed by atoms with Gasteiger partial charge in [0, 0.05) is 23.4 Å². The zero-order valence-corrected chi connectivity index (χ0v) is 19.1. The van der Waals surface area contributed by atoms with Crippen molar-refractivity contribution in [2.24, 2.45) is 5.92 Å². The smallest absolute Gasteiger partial charge is 0.267 e. The molecule has 0 atom stereocenters. The van der Waals surface area contributed by atoms with Crippen LogP contribution < -0.4 is 5.56 Å². The molecule has 2 aromatic carbocycles. The van der Waals surface area contributed by atoms with Gasteiger partial charge in [-0.2, -0.15) is 9.78 Å². The molecule has 3 aromatic rings. The van der Waals surface area contributed by atoms with Gasteiger partial charge in [0.05, 0.1) is 16.8 Å². The molecule has 1 heterocycles. The number of benzene rings is 2. The number of rotatable bonds is 8. The van der Waals surface area contributed by atoms with Crippen LogP contribution in [0.2, 0.25) is 0 Å². The molecule has 0 fully saturated rings. The van der Waals surface area contributed by atoms with Crippen molar-refractivity contribution >= 4 is 9.84 Å². The lowest BCUT2D eigenvalue weighted by Crippen LogP contribution is -2.25. The highest BCUT2D eigenvalue weighted by atomic mass is 32.2. The maximum absolute atomic E-state index is 13.7. The summed E-state index contributed by atoms with van der Waals surface area (Å²) in [6.07, 6.45) is 5.88. The monoisotopic (exact) mass is 460 g/mol. The quantitative estimate of drug-likeness (QED) is 0.446. The van der Waals surface area contributed by atoms with E-state index in [-0.39, 0.29) is 10.6 Å². The molecule has 0 saturated carbocycles. The van der Waals surface area contributed by atoms with Crippen molar-refractivity contribution in [1.29, 1.82) is 0 Å². The first kappa shape index (κ1) is 23.8. The van der Waals surface area contributed by atoms with Crippen molar-refractivity contribution < 1.29 is 17.2 Å². The summed E-state index contributed by atoms with van der Waals surface area (Å²) in [6.45, 7) is 4.27. The summed E-state index contributed by atoms with van der Waals surface area (Å²) in [6, 6.07) is 9.47. The van der Waals surface area contributed by atoms with Gasteiger partial charge in [0.1, 0.15) is 0 Å². The minimum absolute atomic E-state index is 0.135. The SMILES string of the molecule is CC(C)CCCCc1c(-c2ccc(S(C)(=O)=O)cc2)cnn(-c2ccc(F)c(F)c2)c1=O. The molecular formula is C24H26F2N2O3S. The molecule has 0 aliphatic heterocycles. The molecule has 0 radical (unpaired) electrons. The van der Waals surface area contributed by atoms with Crippen LogP contribution in [0.4, 0.5) is 8.78 Å². The van der Waals surface area contributed by atoms with Gasteiger partial charge in [-0.1, -0.05) is 38.8 Å². The number of halogens is 2. The fourth-order valence-electron chi connectivity index (χ4n) is 3.52. The van der Waals surface area contributed by atoms with Crippen molar-refractivity contribution in [1.82, 2.24) is 9.78 Å². The molecule has 3 rings (SSSR count). The summed E-state index contributed by atoms with van der Waals surface area (Å²) in [4.78, 5) is 13.5. The number of hydrogen-bond donors (Lipinski definition) is 0. The maximum Gasteiger partial charge on any atom is 0.275 e. The van der Waals surface area contributed by atoms with Gasteiger partial charge in [0.2, 0.25) is 0 Å². The molecule has 0 N–H and O–H groups in total. The highest BCUT2D eigenvalue weighted by molar-refractivity contribution is 7.90. The lowest BCUT2D eigenvalue weighted by molar-refractivity contribution is 0.507. The third-order valence-corrected chi connectivity index (χ3v) is 6.41. The summed E-state index contributed by atoms with van der Waals surface area (Å²) >= 11 is 0. The first-order chi connectivity index (χ1) is 15.1. The first-order valence-corrected chi connectivity index (χ1v) is 12.3. The molecule has 0 bridgehead atoms. The topological polar surface area (TPSA) is 69.0 Å². The van der Waals surface area contributed by atoms with Crippen LogP contribution in [0.1, 0.15) is 38.7 Å². The van der Waals surface area contributed by atoms with Crippen LogP contribution in [0, 0.1) is 17.6 Å². The molecule has 0 amide bonds. The highest BCUT2D eigenvalue weighted by Gasteiger charge is 2.16. The third kappa shape index (κ3) is 5.48. The van der Waals surface area contributed by atoms with E-state index in [1.807, 2.05) is 0 Å². The maximum atomic E-state index is 13.7. The Morgan fingerprint density at radius 2 is 1.69 bits per heavy atom. The molecule has 8 heteroatoms. The van der Waals surface area contributed by atoms with Gasteiger partial charge in [-0.25, -0.2) is 17.2 Å². The van der Waals surface area contributed by atoms with E-state index in [0.717, 1.165) is 42.3 Å². The van der Waals surface area contributed by atoms with E-state index in [1.54, 1.807) is 12.1 Å². The van der Waals surface area contributed by atoms with E-state index in [9.17, 15) is 22.0 Å². The van der Waals surface area contributed by atoms with E-state index < -0.39 is 27.0 Å². The average Bonchev–Trinajstić information content (AvgIpc) is 2.73. The molecule has 0 aliphatic carbocycles. The Balaban J connectivity index is 2.06. The van der Waals surface area contributed by atoms with E-state index in [0.29, 0.717) is 29.0 Å². The third-order valence-electron chi connectivity index (χ3n) is 5.28. The Hall–Kier alpha value is -2.87. The molecule has 32 heavy (non-hydrogen) atoms. The molecule has 0 saturated heterocycles. The summed E-state index contributed by atoms with van der Waals surface area (Å²) in [7, 11) is -3.34. The van der Waals surface area contributed by atoms with Gasteiger partial charge in [-0.05, 0) is 48.6 Å². The zero-order chi connectivity index (χ0) is 23.5. The lowest BCUT2D eigenvalue weighted by atomic mass is 9.97. The van der Waals surface area contributed by atoms with E-state index in [2.05, 4.69) is 18.9 Å². The van der Waals surface area contributed by atoms with Crippen molar-refractivity contribution in [3.63, 3.8) is 0 Å². The van der Waals surface area contributed by atoms with Crippen molar-refractivity contribution in [2.75, 3.05) is 6.26 Å². The molecule has 5 nitrogen and oxygen atoms in total. The van der Waals surface area contributed by atoms with E-state index in [1.165, 1.54) is 24.4 Å². The van der Waals surface area contributed by atoms with Gasteiger partial charge >= 0.3 is 0 Å². The summed E-state index contributed by atoms with van der Waals surface area (Å²) in [5.74, 6) is -1.51. The molecule has 170 valence electrons. The Morgan fingerprint density at radius 1 is 1.00 bits per heavy atom. The van der Waals surface area contributed by atoms with Gasteiger partial charge in [-0.15, -0.1) is 0 Å². The predicted molar refractivity (Wildman–Crippen MR) is 121 cm³/mol. The second kappa shape index (κ2) is 9.73. The normalized spacial score (nSPS) is 11.8. The van der Waals surface area contributed by atoms with Crippen molar-refractivity contribution in [3.05, 3.63) is 76.2 Å². The largest absolute Gasteiger partial charge is 0.275 e. The predicted octanol–water partition coefficient (Wildman–Crippen LogP) is 4.95. The summed E-state index contributed by atoms with van der Waals surface area (Å²) in [5.41, 5.74) is 1.49. The van der Waals surface area contributed by atoms with E-state index in [4.69, 9.17) is 0 Å². The summed E-state index contributed by atoms with van der Waals surface area (Å²) < 4.78 is 51.7. The minimum atomic E-state index is -3.34. The Morgan fingerprint density at radius 3 is 2.28 bits per heavy atom. The average molecular weight is 461 g/mol. The highest BCUT2D eigenvalue weighted by Crippen LogP contribution is 2.25. The Kier molecular flexibility index (Phi) is 7.23. The van der Waals surface area contributed by atoms with Crippen LogP contribution >= 0.6 is 0 Å². The Labute approximate surface area is 186 Å². The standard InChI is InChI=1S/C24H26F2N2O3S/c1-16(2)6-4-5-7-20-21(17-8-11-19(12-9-17)32(3,30)31)15-27-28(24(20)29)18-10-13-22(25)23(26)14-18/h8-16H,4-7H2,1-3H3. The van der Waals surface area contributed by atoms with Crippen LogP contribution in [0.15, 0.2) is 58.4 Å². The van der Waals surface area contributed by atoms with Gasteiger partial charge in [0.25, 0.3) is 5.56 Å². The van der Waals surface area contributed by atoms with Crippen LogP contribution in [-0.4, -0.2) is 24.5 Å². The molecular weight excluding hydrogens is 434 g/mol. The lowest BCUT2D eigenvalue weighted by Gasteiger charge is -2.13. The summed E-state index contributed by atoms with van der Waals surface area (Å²) in [5, 5.41) is 4.18. The minimum Gasteiger partial charge on any atom is -0.267 e. The number of sulfone groups is 1. The van der Waals surface area contributed by atoms with Crippen LogP contribution in [-0.2, 0) is 16.3 Å². The fourth-order valence-corrected chi connectivity index (χ4v) is 4.15. The van der Waals surface area contributed by atoms with Crippen LogP contribution in [0.5, 0.6) is 0 Å². The number of hydrogen-bond acceptors (Lipinski definition) is 4. The van der Waals surface area contributed by atoms with Crippen LogP contribution in [0.25, 0.3) is 16.8 Å². The fraction of sp³-hybridized carbons (Fsp3) is 0.333. The number of unbranched alkanes of at least 4 members (excludes halogenated alkanes) is 1. The van der Waals surface area contributed by atoms with Gasteiger partial charge in [-0.3, -0.25) is 4.79 Å². The second-order valence-electron chi connectivity index (χ2n) is 8.29. The second-order valence-corrected chi connectivity index (χ2v) is 10.3. The molecule has 0 unspecified atom stereocenters. The molecule has 1 aromatic heterocycles. The first-order valence-electron chi connectivity index (χ1n) is 10.4. The zero-order valence-electron chi connectivity index (χ0n) is 18.3. The van der Waals surface area contributed by atoms with Crippen molar-refractivity contribution in [3.8, 4) is 16.8 Å². The van der Waals surface area contributed by atoms with Crippen molar-refractivity contribution in [2.45, 2.75) is 44.4 Å². The van der Waals surface area contributed by atoms with Gasteiger partial charge in [0.15, 0.2) is 21.5 Å². The van der Waals surface area contributed by atoms with E-state index >= 15 is 0 Å². The number of nitrogens with zero attached hydrogens (tertiary/aromatic N) is 2. The van der Waals surface area contributed by atoms with Crippen LogP contribution in [0.3, 0.4) is 0 Å². The molecule has 0 aliphatic rings. The Bertz CT molecular complexity index is 1270. The number of aromatic nitrogens is 2. The molecule has 0 spiro atoms.